The third kappa shape index (κ3) is 4.01. The van der Waals surface area contributed by atoms with Crippen LogP contribution < -0.4 is 0 Å². The summed E-state index contributed by atoms with van der Waals surface area (Å²) in [5.41, 5.74) is 4.53. The van der Waals surface area contributed by atoms with Crippen LogP contribution in [0.25, 0.3) is 11.4 Å². The fraction of sp³-hybridized carbons (Fsp3) is 0.333. The molecule has 5 rings (SSSR count). The van der Waals surface area contributed by atoms with E-state index in [4.69, 9.17) is 9.51 Å². The molecule has 0 saturated carbocycles. The van der Waals surface area contributed by atoms with Crippen LogP contribution in [0.15, 0.2) is 65.6 Å². The predicted molar refractivity (Wildman–Crippen MR) is 117 cm³/mol. The molecule has 4 aromatic rings. The van der Waals surface area contributed by atoms with E-state index in [1.807, 2.05) is 53.5 Å². The maximum atomic E-state index is 5.77. The van der Waals surface area contributed by atoms with Gasteiger partial charge in [0.2, 0.25) is 11.7 Å². The minimum absolute atomic E-state index is 0.121. The summed E-state index contributed by atoms with van der Waals surface area (Å²) in [6.45, 7) is 7.70. The van der Waals surface area contributed by atoms with Crippen LogP contribution in [0.2, 0.25) is 0 Å². The standard InChI is InChI=1S/C24H26N6O/c1-3-30-14-20(17(2)27-30)13-29-15-21(19-10-7-11-25-12-19)22(16-29)24-26-23(28-31-24)18-8-5-4-6-9-18/h4-12,14,21-22H,3,13,15-16H2,1-2H3/t21-,22+/m0/s1. The van der Waals surface area contributed by atoms with Gasteiger partial charge in [-0.05, 0) is 25.5 Å². The number of rotatable bonds is 6. The van der Waals surface area contributed by atoms with Crippen LogP contribution in [-0.4, -0.2) is 42.9 Å². The van der Waals surface area contributed by atoms with Gasteiger partial charge in [-0.3, -0.25) is 14.6 Å². The summed E-state index contributed by atoms with van der Waals surface area (Å²) in [6, 6.07) is 14.1. The number of hydrogen-bond donors (Lipinski definition) is 0. The highest BCUT2D eigenvalue weighted by atomic mass is 16.5. The summed E-state index contributed by atoms with van der Waals surface area (Å²) in [5, 5.41) is 8.86. The largest absolute Gasteiger partial charge is 0.339 e. The summed E-state index contributed by atoms with van der Waals surface area (Å²) in [4.78, 5) is 11.6. The average Bonchev–Trinajstić information content (AvgIpc) is 3.54. The van der Waals surface area contributed by atoms with Crippen molar-refractivity contribution in [2.75, 3.05) is 13.1 Å². The lowest BCUT2D eigenvalue weighted by Gasteiger charge is -2.15. The molecule has 158 valence electrons. The van der Waals surface area contributed by atoms with Crippen LogP contribution in [0.3, 0.4) is 0 Å². The second-order valence-corrected chi connectivity index (χ2v) is 8.11. The molecule has 31 heavy (non-hydrogen) atoms. The Kier molecular flexibility index (Phi) is 5.34. The Balaban J connectivity index is 1.43. The highest BCUT2D eigenvalue weighted by Gasteiger charge is 2.38. The van der Waals surface area contributed by atoms with Crippen LogP contribution >= 0.6 is 0 Å². The maximum absolute atomic E-state index is 5.77. The molecule has 7 nitrogen and oxygen atoms in total. The van der Waals surface area contributed by atoms with E-state index in [0.29, 0.717) is 11.7 Å². The van der Waals surface area contributed by atoms with E-state index in [0.717, 1.165) is 37.4 Å². The zero-order valence-electron chi connectivity index (χ0n) is 17.8. The van der Waals surface area contributed by atoms with E-state index in [1.54, 1.807) is 0 Å². The second kappa shape index (κ2) is 8.43. The Morgan fingerprint density at radius 1 is 1.06 bits per heavy atom. The lowest BCUT2D eigenvalue weighted by atomic mass is 9.90. The van der Waals surface area contributed by atoms with Crippen molar-refractivity contribution in [3.8, 4) is 11.4 Å². The first-order chi connectivity index (χ1) is 15.2. The summed E-state index contributed by atoms with van der Waals surface area (Å²) in [5.74, 6) is 1.70. The molecule has 1 saturated heterocycles. The third-order valence-corrected chi connectivity index (χ3v) is 6.06. The molecule has 0 radical (unpaired) electrons. The number of nitrogens with zero attached hydrogens (tertiary/aromatic N) is 6. The van der Waals surface area contributed by atoms with Gasteiger partial charge in [0.25, 0.3) is 0 Å². The first-order valence-corrected chi connectivity index (χ1v) is 10.8. The Labute approximate surface area is 181 Å². The SMILES string of the molecule is CCn1cc(CN2C[C@@H](c3cccnc3)[C@H](c3nc(-c4ccccc4)no3)C2)c(C)n1. The number of aryl methyl sites for hydroxylation is 2. The number of hydrogen-bond acceptors (Lipinski definition) is 6. The smallest absolute Gasteiger partial charge is 0.232 e. The molecular weight excluding hydrogens is 388 g/mol. The van der Waals surface area contributed by atoms with Crippen molar-refractivity contribution in [1.29, 1.82) is 0 Å². The number of likely N-dealkylation sites (tertiary alicyclic amines) is 1. The number of benzene rings is 1. The molecule has 0 bridgehead atoms. The molecule has 3 aromatic heterocycles. The Bertz CT molecular complexity index is 1140. The van der Waals surface area contributed by atoms with Gasteiger partial charge in [0, 0.05) is 61.8 Å². The molecule has 0 unspecified atom stereocenters. The fourth-order valence-corrected chi connectivity index (χ4v) is 4.41. The number of pyridine rings is 1. The lowest BCUT2D eigenvalue weighted by molar-refractivity contribution is 0.308. The maximum Gasteiger partial charge on any atom is 0.232 e. The normalized spacial score (nSPS) is 19.2. The Hall–Kier alpha value is -3.32. The van der Waals surface area contributed by atoms with Crippen molar-refractivity contribution in [3.63, 3.8) is 0 Å². The molecule has 4 heterocycles. The van der Waals surface area contributed by atoms with Crippen molar-refractivity contribution >= 4 is 0 Å². The van der Waals surface area contributed by atoms with Crippen LogP contribution in [-0.2, 0) is 13.1 Å². The van der Waals surface area contributed by atoms with Gasteiger partial charge in [0.15, 0.2) is 0 Å². The van der Waals surface area contributed by atoms with Crippen molar-refractivity contribution in [3.05, 3.63) is 83.8 Å². The molecule has 7 heteroatoms. The van der Waals surface area contributed by atoms with Gasteiger partial charge in [0.05, 0.1) is 11.6 Å². The fourth-order valence-electron chi connectivity index (χ4n) is 4.41. The zero-order valence-corrected chi connectivity index (χ0v) is 17.8. The van der Waals surface area contributed by atoms with Gasteiger partial charge in [-0.1, -0.05) is 41.6 Å². The van der Waals surface area contributed by atoms with Crippen molar-refractivity contribution in [2.24, 2.45) is 0 Å². The Morgan fingerprint density at radius 2 is 1.90 bits per heavy atom. The minimum Gasteiger partial charge on any atom is -0.339 e. The average molecular weight is 415 g/mol. The van der Waals surface area contributed by atoms with Gasteiger partial charge in [-0.2, -0.15) is 10.1 Å². The second-order valence-electron chi connectivity index (χ2n) is 8.11. The lowest BCUT2D eigenvalue weighted by Crippen LogP contribution is -2.20. The van der Waals surface area contributed by atoms with Gasteiger partial charge >= 0.3 is 0 Å². The highest BCUT2D eigenvalue weighted by Crippen LogP contribution is 2.40. The van der Waals surface area contributed by atoms with Crippen molar-refractivity contribution < 1.29 is 4.52 Å². The molecule has 0 amide bonds. The summed E-state index contributed by atoms with van der Waals surface area (Å²) in [6.07, 6.45) is 5.92. The van der Waals surface area contributed by atoms with E-state index >= 15 is 0 Å². The monoisotopic (exact) mass is 414 g/mol. The van der Waals surface area contributed by atoms with Gasteiger partial charge in [-0.25, -0.2) is 0 Å². The highest BCUT2D eigenvalue weighted by molar-refractivity contribution is 5.53. The molecule has 1 aliphatic rings. The van der Waals surface area contributed by atoms with Crippen LogP contribution in [0.4, 0.5) is 0 Å². The van der Waals surface area contributed by atoms with E-state index < -0.39 is 0 Å². The van der Waals surface area contributed by atoms with Gasteiger partial charge < -0.3 is 4.52 Å². The van der Waals surface area contributed by atoms with Crippen molar-refractivity contribution in [2.45, 2.75) is 38.8 Å². The first kappa shape index (κ1) is 19.6. The summed E-state index contributed by atoms with van der Waals surface area (Å²) < 4.78 is 7.77. The van der Waals surface area contributed by atoms with Crippen LogP contribution in [0, 0.1) is 6.92 Å². The topological polar surface area (TPSA) is 72.9 Å². The molecular formula is C24H26N6O. The molecule has 1 aliphatic heterocycles. The predicted octanol–water partition coefficient (Wildman–Crippen LogP) is 4.04. The van der Waals surface area contributed by atoms with Gasteiger partial charge in [0.1, 0.15) is 0 Å². The third-order valence-electron chi connectivity index (χ3n) is 6.06. The molecule has 0 aliphatic carbocycles. The summed E-state index contributed by atoms with van der Waals surface area (Å²) in [7, 11) is 0. The van der Waals surface area contributed by atoms with Crippen LogP contribution in [0.1, 0.15) is 41.5 Å². The molecule has 2 atom stereocenters. The zero-order chi connectivity index (χ0) is 21.2. The van der Waals surface area contributed by atoms with Crippen molar-refractivity contribution in [1.82, 2.24) is 29.8 Å². The molecule has 0 spiro atoms. The minimum atomic E-state index is 0.121. The quantitative estimate of drug-likeness (QED) is 0.474. The molecule has 1 aromatic carbocycles. The van der Waals surface area contributed by atoms with Crippen LogP contribution in [0.5, 0.6) is 0 Å². The first-order valence-electron chi connectivity index (χ1n) is 10.8. The Morgan fingerprint density at radius 3 is 2.65 bits per heavy atom. The molecule has 1 fully saturated rings. The van der Waals surface area contributed by atoms with E-state index in [1.165, 1.54) is 11.1 Å². The van der Waals surface area contributed by atoms with E-state index in [2.05, 4.69) is 46.2 Å². The van der Waals surface area contributed by atoms with E-state index in [9.17, 15) is 0 Å². The number of aromatic nitrogens is 5. The van der Waals surface area contributed by atoms with E-state index in [-0.39, 0.29) is 11.8 Å². The molecule has 0 N–H and O–H groups in total. The van der Waals surface area contributed by atoms with Gasteiger partial charge in [-0.15, -0.1) is 0 Å². The summed E-state index contributed by atoms with van der Waals surface area (Å²) >= 11 is 0.